The second-order valence-electron chi connectivity index (χ2n) is 5.17. The minimum Gasteiger partial charge on any atom is -0.387 e. The van der Waals surface area contributed by atoms with Crippen LogP contribution in [0.2, 0.25) is 0 Å². The SMILES string of the molecule is O=C(NCc1cscn1)NCC(O)c1ccc2ccccc2c1. The molecule has 0 radical (unpaired) electrons. The molecule has 0 bridgehead atoms. The zero-order chi connectivity index (χ0) is 16.1. The van der Waals surface area contributed by atoms with Crippen molar-refractivity contribution in [1.29, 1.82) is 0 Å². The summed E-state index contributed by atoms with van der Waals surface area (Å²) in [6.45, 7) is 0.530. The number of hydrogen-bond donors (Lipinski definition) is 3. The molecule has 0 aliphatic carbocycles. The van der Waals surface area contributed by atoms with E-state index >= 15 is 0 Å². The number of urea groups is 1. The highest BCUT2D eigenvalue weighted by molar-refractivity contribution is 7.07. The molecule has 0 fully saturated rings. The second-order valence-corrected chi connectivity index (χ2v) is 5.88. The van der Waals surface area contributed by atoms with Gasteiger partial charge in [-0.2, -0.15) is 0 Å². The van der Waals surface area contributed by atoms with Gasteiger partial charge in [-0.25, -0.2) is 9.78 Å². The van der Waals surface area contributed by atoms with E-state index in [-0.39, 0.29) is 12.6 Å². The number of carbonyl (C=O) groups excluding carboxylic acids is 1. The normalized spacial score (nSPS) is 12.0. The van der Waals surface area contributed by atoms with Crippen molar-refractivity contribution in [3.63, 3.8) is 0 Å². The number of amides is 2. The van der Waals surface area contributed by atoms with E-state index in [0.717, 1.165) is 22.0 Å². The van der Waals surface area contributed by atoms with Crippen molar-refractivity contribution in [1.82, 2.24) is 15.6 Å². The minimum atomic E-state index is -0.746. The third-order valence-electron chi connectivity index (χ3n) is 3.53. The smallest absolute Gasteiger partial charge is 0.315 e. The summed E-state index contributed by atoms with van der Waals surface area (Å²) in [5.74, 6) is 0. The lowest BCUT2D eigenvalue weighted by molar-refractivity contribution is 0.173. The van der Waals surface area contributed by atoms with Crippen molar-refractivity contribution < 1.29 is 9.90 Å². The average molecular weight is 327 g/mol. The molecule has 0 saturated carbocycles. The molecule has 1 atom stereocenters. The molecule has 0 aliphatic rings. The van der Waals surface area contributed by atoms with Gasteiger partial charge in [-0.3, -0.25) is 0 Å². The number of aliphatic hydroxyl groups is 1. The third kappa shape index (κ3) is 4.06. The molecular formula is C17H17N3O2S. The molecule has 6 heteroatoms. The topological polar surface area (TPSA) is 74.2 Å². The van der Waals surface area contributed by atoms with E-state index in [9.17, 15) is 9.90 Å². The van der Waals surface area contributed by atoms with Gasteiger partial charge in [0.05, 0.1) is 23.9 Å². The van der Waals surface area contributed by atoms with Crippen LogP contribution in [0.3, 0.4) is 0 Å². The monoisotopic (exact) mass is 327 g/mol. The number of thiazole rings is 1. The quantitative estimate of drug-likeness (QED) is 0.674. The van der Waals surface area contributed by atoms with Crippen LogP contribution in [-0.4, -0.2) is 22.7 Å². The van der Waals surface area contributed by atoms with E-state index in [2.05, 4.69) is 15.6 Å². The van der Waals surface area contributed by atoms with Crippen molar-refractivity contribution in [3.05, 3.63) is 64.6 Å². The Labute approximate surface area is 138 Å². The molecule has 23 heavy (non-hydrogen) atoms. The number of carbonyl (C=O) groups is 1. The van der Waals surface area contributed by atoms with Crippen LogP contribution in [0.4, 0.5) is 4.79 Å². The molecule has 5 nitrogen and oxygen atoms in total. The highest BCUT2D eigenvalue weighted by Gasteiger charge is 2.10. The van der Waals surface area contributed by atoms with E-state index < -0.39 is 6.10 Å². The van der Waals surface area contributed by atoms with Crippen LogP contribution in [0.1, 0.15) is 17.4 Å². The summed E-state index contributed by atoms with van der Waals surface area (Å²) < 4.78 is 0. The molecule has 2 aromatic carbocycles. The maximum absolute atomic E-state index is 11.7. The molecule has 0 spiro atoms. The fraction of sp³-hybridized carbons (Fsp3) is 0.176. The minimum absolute atomic E-state index is 0.154. The van der Waals surface area contributed by atoms with E-state index in [0.29, 0.717) is 6.54 Å². The number of rotatable bonds is 5. The zero-order valence-electron chi connectivity index (χ0n) is 12.4. The van der Waals surface area contributed by atoms with Crippen LogP contribution in [0.5, 0.6) is 0 Å². The fourth-order valence-corrected chi connectivity index (χ4v) is 2.84. The first-order valence-electron chi connectivity index (χ1n) is 7.28. The maximum atomic E-state index is 11.7. The lowest BCUT2D eigenvalue weighted by atomic mass is 10.0. The molecule has 3 N–H and O–H groups in total. The van der Waals surface area contributed by atoms with Gasteiger partial charge in [0.15, 0.2) is 0 Å². The Morgan fingerprint density at radius 1 is 1.17 bits per heavy atom. The lowest BCUT2D eigenvalue weighted by Gasteiger charge is -2.13. The number of aliphatic hydroxyl groups excluding tert-OH is 1. The molecule has 0 saturated heterocycles. The lowest BCUT2D eigenvalue weighted by Crippen LogP contribution is -2.37. The van der Waals surface area contributed by atoms with Gasteiger partial charge in [0.1, 0.15) is 0 Å². The summed E-state index contributed by atoms with van der Waals surface area (Å²) >= 11 is 1.48. The van der Waals surface area contributed by atoms with Crippen molar-refractivity contribution in [2.24, 2.45) is 0 Å². The molecule has 1 unspecified atom stereocenters. The zero-order valence-corrected chi connectivity index (χ0v) is 13.2. The summed E-state index contributed by atoms with van der Waals surface area (Å²) in [7, 11) is 0. The van der Waals surface area contributed by atoms with Gasteiger partial charge in [0.2, 0.25) is 0 Å². The van der Waals surface area contributed by atoms with Crippen molar-refractivity contribution >= 4 is 28.1 Å². The number of nitrogens with one attached hydrogen (secondary N) is 2. The Hall–Kier alpha value is -2.44. The number of nitrogens with zero attached hydrogens (tertiary/aromatic N) is 1. The Bertz CT molecular complexity index is 789. The fourth-order valence-electron chi connectivity index (χ4n) is 2.28. The predicted molar refractivity (Wildman–Crippen MR) is 91.3 cm³/mol. The molecule has 3 aromatic rings. The van der Waals surface area contributed by atoms with Gasteiger partial charge in [-0.1, -0.05) is 36.4 Å². The van der Waals surface area contributed by atoms with Crippen molar-refractivity contribution in [3.8, 4) is 0 Å². The summed E-state index contributed by atoms with van der Waals surface area (Å²) in [4.78, 5) is 15.8. The van der Waals surface area contributed by atoms with Gasteiger partial charge < -0.3 is 15.7 Å². The van der Waals surface area contributed by atoms with Gasteiger partial charge in [0.25, 0.3) is 0 Å². The van der Waals surface area contributed by atoms with E-state index in [1.165, 1.54) is 11.3 Å². The van der Waals surface area contributed by atoms with Crippen LogP contribution in [0.15, 0.2) is 53.4 Å². The number of benzene rings is 2. The molecular weight excluding hydrogens is 310 g/mol. The molecule has 2 amide bonds. The second kappa shape index (κ2) is 7.21. The number of fused-ring (bicyclic) bond motifs is 1. The standard InChI is InChI=1S/C17H17N3O2S/c21-16(9-19-17(22)18-8-15-10-23-11-20-15)14-6-5-12-3-1-2-4-13(12)7-14/h1-7,10-11,16,21H,8-9H2,(H2,18,19,22). The molecule has 118 valence electrons. The first kappa shape index (κ1) is 15.5. The number of hydrogen-bond acceptors (Lipinski definition) is 4. The Balaban J connectivity index is 1.53. The summed E-state index contributed by atoms with van der Waals surface area (Å²) in [6.07, 6.45) is -0.746. The average Bonchev–Trinajstić information content (AvgIpc) is 3.11. The van der Waals surface area contributed by atoms with Crippen LogP contribution in [0.25, 0.3) is 10.8 Å². The first-order chi connectivity index (χ1) is 11.2. The Morgan fingerprint density at radius 3 is 2.78 bits per heavy atom. The van der Waals surface area contributed by atoms with Crippen LogP contribution in [-0.2, 0) is 6.54 Å². The molecule has 3 rings (SSSR count). The van der Waals surface area contributed by atoms with Gasteiger partial charge in [0, 0.05) is 11.9 Å². The predicted octanol–water partition coefficient (Wildman–Crippen LogP) is 2.83. The highest BCUT2D eigenvalue weighted by atomic mass is 32.1. The summed E-state index contributed by atoms with van der Waals surface area (Å²) in [5.41, 5.74) is 3.32. The Morgan fingerprint density at radius 2 is 2.00 bits per heavy atom. The molecule has 1 aromatic heterocycles. The van der Waals surface area contributed by atoms with Crippen LogP contribution < -0.4 is 10.6 Å². The summed E-state index contributed by atoms with van der Waals surface area (Å²) in [6, 6.07) is 13.4. The summed E-state index contributed by atoms with van der Waals surface area (Å²) in [5, 5.41) is 19.7. The number of aromatic nitrogens is 1. The Kier molecular flexibility index (Phi) is 4.85. The van der Waals surface area contributed by atoms with Gasteiger partial charge >= 0.3 is 6.03 Å². The van der Waals surface area contributed by atoms with Crippen molar-refractivity contribution in [2.75, 3.05) is 6.54 Å². The maximum Gasteiger partial charge on any atom is 0.315 e. The third-order valence-corrected chi connectivity index (χ3v) is 4.16. The van der Waals surface area contributed by atoms with E-state index in [1.807, 2.05) is 47.8 Å². The molecule has 1 heterocycles. The molecule has 0 aliphatic heterocycles. The highest BCUT2D eigenvalue weighted by Crippen LogP contribution is 2.20. The van der Waals surface area contributed by atoms with E-state index in [4.69, 9.17) is 0 Å². The first-order valence-corrected chi connectivity index (χ1v) is 8.22. The van der Waals surface area contributed by atoms with E-state index in [1.54, 1.807) is 5.51 Å². The van der Waals surface area contributed by atoms with Crippen LogP contribution in [0, 0.1) is 0 Å². The van der Waals surface area contributed by atoms with Crippen molar-refractivity contribution in [2.45, 2.75) is 12.6 Å². The van der Waals surface area contributed by atoms with Gasteiger partial charge in [-0.05, 0) is 22.4 Å². The largest absolute Gasteiger partial charge is 0.387 e. The van der Waals surface area contributed by atoms with Crippen LogP contribution >= 0.6 is 11.3 Å². The van der Waals surface area contributed by atoms with Gasteiger partial charge in [-0.15, -0.1) is 11.3 Å².